The lowest BCUT2D eigenvalue weighted by atomic mass is 9.84. The first-order valence-electron chi connectivity index (χ1n) is 6.80. The number of carbonyl (C=O) groups excluding carboxylic acids is 1. The lowest BCUT2D eigenvalue weighted by molar-refractivity contribution is -0.130. The number of piperidine rings is 1. The van der Waals surface area contributed by atoms with E-state index < -0.39 is 0 Å². The molecule has 1 fully saturated rings. The van der Waals surface area contributed by atoms with E-state index in [1.165, 1.54) is 23.1 Å². The minimum absolute atomic E-state index is 0.204. The maximum atomic E-state index is 11.6. The summed E-state index contributed by atoms with van der Waals surface area (Å²) in [4.78, 5) is 13.6. The Labute approximate surface area is 110 Å². The Balaban J connectivity index is 2.21. The highest BCUT2D eigenvalue weighted by molar-refractivity contribution is 5.73. The smallest absolute Gasteiger partial charge is 0.219 e. The highest BCUT2D eigenvalue weighted by Crippen LogP contribution is 2.31. The van der Waals surface area contributed by atoms with Gasteiger partial charge in [-0.25, -0.2) is 0 Å². The summed E-state index contributed by atoms with van der Waals surface area (Å²) in [6, 6.07) is 6.71. The second-order valence-corrected chi connectivity index (χ2v) is 5.81. The van der Waals surface area contributed by atoms with E-state index in [0.29, 0.717) is 11.8 Å². The van der Waals surface area contributed by atoms with E-state index in [2.05, 4.69) is 39.0 Å². The predicted octanol–water partition coefficient (Wildman–Crippen LogP) is 3.28. The van der Waals surface area contributed by atoms with Gasteiger partial charge in [-0.2, -0.15) is 0 Å². The molecule has 0 radical (unpaired) electrons. The van der Waals surface area contributed by atoms with Gasteiger partial charge in [0.15, 0.2) is 0 Å². The molecule has 2 nitrogen and oxygen atoms in total. The fourth-order valence-corrected chi connectivity index (χ4v) is 2.87. The Hall–Kier alpha value is -1.31. The Morgan fingerprint density at radius 1 is 1.22 bits per heavy atom. The van der Waals surface area contributed by atoms with Crippen molar-refractivity contribution in [3.8, 4) is 0 Å². The molecule has 1 saturated heterocycles. The van der Waals surface area contributed by atoms with Gasteiger partial charge in [-0.05, 0) is 42.9 Å². The summed E-state index contributed by atoms with van der Waals surface area (Å²) in [6.07, 6.45) is 1.19. The van der Waals surface area contributed by atoms with Gasteiger partial charge in [0, 0.05) is 25.9 Å². The molecular weight excluding hydrogens is 222 g/mol. The number of aryl methyl sites for hydroxylation is 2. The maximum absolute atomic E-state index is 11.6. The molecule has 0 saturated carbocycles. The summed E-state index contributed by atoms with van der Waals surface area (Å²) in [5.41, 5.74) is 4.07. The van der Waals surface area contributed by atoms with Crippen molar-refractivity contribution in [3.63, 3.8) is 0 Å². The molecule has 1 aromatic rings. The van der Waals surface area contributed by atoms with Crippen LogP contribution in [0.4, 0.5) is 0 Å². The van der Waals surface area contributed by atoms with Gasteiger partial charge in [0.2, 0.25) is 5.91 Å². The second-order valence-electron chi connectivity index (χ2n) is 5.81. The van der Waals surface area contributed by atoms with Crippen LogP contribution in [0.3, 0.4) is 0 Å². The molecule has 0 unspecified atom stereocenters. The van der Waals surface area contributed by atoms with Gasteiger partial charge in [0.1, 0.15) is 0 Å². The molecule has 1 aromatic carbocycles. The number of rotatable bonds is 1. The molecule has 2 atom stereocenters. The third-order valence-corrected chi connectivity index (χ3v) is 4.11. The lowest BCUT2D eigenvalue weighted by Gasteiger charge is -2.36. The molecule has 0 aliphatic carbocycles. The van der Waals surface area contributed by atoms with Gasteiger partial charge in [0.05, 0.1) is 0 Å². The first kappa shape index (κ1) is 13.1. The van der Waals surface area contributed by atoms with Crippen molar-refractivity contribution in [3.05, 3.63) is 34.9 Å². The average Bonchev–Trinajstić information content (AvgIpc) is 2.31. The largest absolute Gasteiger partial charge is 0.342 e. The summed E-state index contributed by atoms with van der Waals surface area (Å²) >= 11 is 0. The first-order chi connectivity index (χ1) is 8.47. The van der Waals surface area contributed by atoms with Crippen LogP contribution in [-0.2, 0) is 4.79 Å². The monoisotopic (exact) mass is 245 g/mol. The highest BCUT2D eigenvalue weighted by Gasteiger charge is 2.27. The van der Waals surface area contributed by atoms with Gasteiger partial charge in [-0.15, -0.1) is 0 Å². The zero-order chi connectivity index (χ0) is 13.3. The van der Waals surface area contributed by atoms with Crippen molar-refractivity contribution in [2.24, 2.45) is 5.92 Å². The Kier molecular flexibility index (Phi) is 3.74. The van der Waals surface area contributed by atoms with Gasteiger partial charge < -0.3 is 4.90 Å². The van der Waals surface area contributed by atoms with E-state index in [1.807, 2.05) is 4.90 Å². The molecular formula is C16H23NO. The van der Waals surface area contributed by atoms with Crippen molar-refractivity contribution in [1.82, 2.24) is 4.90 Å². The van der Waals surface area contributed by atoms with Crippen LogP contribution in [-0.4, -0.2) is 23.9 Å². The molecule has 98 valence electrons. The zero-order valence-electron chi connectivity index (χ0n) is 11.9. The number of nitrogens with zero attached hydrogens (tertiary/aromatic N) is 1. The van der Waals surface area contributed by atoms with Gasteiger partial charge >= 0.3 is 0 Å². The predicted molar refractivity (Wildman–Crippen MR) is 74.7 cm³/mol. The average molecular weight is 245 g/mol. The third kappa shape index (κ3) is 2.74. The molecule has 1 heterocycles. The SMILES string of the molecule is CC(=O)N1C[C@H](C)C[C@@H](c2ccc(C)c(C)c2)C1. The van der Waals surface area contributed by atoms with E-state index in [-0.39, 0.29) is 5.91 Å². The number of hydrogen-bond acceptors (Lipinski definition) is 1. The molecule has 0 aromatic heterocycles. The van der Waals surface area contributed by atoms with E-state index in [1.54, 1.807) is 6.92 Å². The third-order valence-electron chi connectivity index (χ3n) is 4.11. The standard InChI is InChI=1S/C16H23NO/c1-11-7-16(10-17(9-11)14(4)18)15-6-5-12(2)13(3)8-15/h5-6,8,11,16H,7,9-10H2,1-4H3/t11-,16-/m1/s1. The molecule has 1 amide bonds. The van der Waals surface area contributed by atoms with E-state index in [9.17, 15) is 4.79 Å². The van der Waals surface area contributed by atoms with Crippen molar-refractivity contribution in [1.29, 1.82) is 0 Å². The van der Waals surface area contributed by atoms with Crippen molar-refractivity contribution < 1.29 is 4.79 Å². The Morgan fingerprint density at radius 3 is 2.56 bits per heavy atom. The number of likely N-dealkylation sites (tertiary alicyclic amines) is 1. The van der Waals surface area contributed by atoms with Crippen LogP contribution in [0, 0.1) is 19.8 Å². The normalized spacial score (nSPS) is 24.1. The van der Waals surface area contributed by atoms with Crippen LogP contribution in [0.1, 0.15) is 42.9 Å². The van der Waals surface area contributed by atoms with Crippen molar-refractivity contribution in [2.45, 2.75) is 40.0 Å². The molecule has 0 spiro atoms. The van der Waals surface area contributed by atoms with Crippen LogP contribution < -0.4 is 0 Å². The minimum Gasteiger partial charge on any atom is -0.342 e. The zero-order valence-corrected chi connectivity index (χ0v) is 11.9. The first-order valence-corrected chi connectivity index (χ1v) is 6.80. The topological polar surface area (TPSA) is 20.3 Å². The summed E-state index contributed by atoms with van der Waals surface area (Å²) in [6.45, 7) is 10.0. The van der Waals surface area contributed by atoms with Crippen LogP contribution >= 0.6 is 0 Å². The lowest BCUT2D eigenvalue weighted by Crippen LogP contribution is -2.41. The van der Waals surface area contributed by atoms with Crippen LogP contribution in [0.15, 0.2) is 18.2 Å². The minimum atomic E-state index is 0.204. The quantitative estimate of drug-likeness (QED) is 0.743. The fraction of sp³-hybridized carbons (Fsp3) is 0.562. The molecule has 18 heavy (non-hydrogen) atoms. The molecule has 1 aliphatic heterocycles. The van der Waals surface area contributed by atoms with Crippen LogP contribution in [0.25, 0.3) is 0 Å². The van der Waals surface area contributed by atoms with Gasteiger partial charge in [-0.1, -0.05) is 25.1 Å². The van der Waals surface area contributed by atoms with Crippen molar-refractivity contribution >= 4 is 5.91 Å². The highest BCUT2D eigenvalue weighted by atomic mass is 16.2. The number of carbonyl (C=O) groups is 1. The Bertz CT molecular complexity index is 452. The maximum Gasteiger partial charge on any atom is 0.219 e. The van der Waals surface area contributed by atoms with E-state index in [4.69, 9.17) is 0 Å². The molecule has 1 aliphatic rings. The molecule has 2 rings (SSSR count). The molecule has 0 N–H and O–H groups in total. The van der Waals surface area contributed by atoms with Gasteiger partial charge in [-0.3, -0.25) is 4.79 Å². The van der Waals surface area contributed by atoms with E-state index >= 15 is 0 Å². The summed E-state index contributed by atoms with van der Waals surface area (Å²) in [5.74, 6) is 1.29. The van der Waals surface area contributed by atoms with Gasteiger partial charge in [0.25, 0.3) is 0 Å². The molecule has 2 heteroatoms. The Morgan fingerprint density at radius 2 is 1.94 bits per heavy atom. The van der Waals surface area contributed by atoms with Crippen molar-refractivity contribution in [2.75, 3.05) is 13.1 Å². The van der Waals surface area contributed by atoms with Crippen LogP contribution in [0.2, 0.25) is 0 Å². The number of hydrogen-bond donors (Lipinski definition) is 0. The van der Waals surface area contributed by atoms with E-state index in [0.717, 1.165) is 13.1 Å². The number of amides is 1. The van der Waals surface area contributed by atoms with Crippen LogP contribution in [0.5, 0.6) is 0 Å². The summed E-state index contributed by atoms with van der Waals surface area (Å²) in [7, 11) is 0. The fourth-order valence-electron chi connectivity index (χ4n) is 2.87. The second kappa shape index (κ2) is 5.13. The summed E-state index contributed by atoms with van der Waals surface area (Å²) in [5, 5.41) is 0. The summed E-state index contributed by atoms with van der Waals surface area (Å²) < 4.78 is 0. The number of benzene rings is 1. The molecule has 0 bridgehead atoms.